The number of nitrogens with one attached hydrogen (secondary N) is 2. The number of phenols is 1. The van der Waals surface area contributed by atoms with Gasteiger partial charge in [0.05, 0.1) is 5.69 Å². The molecular formula is C12H12N4O. The lowest BCUT2D eigenvalue weighted by molar-refractivity contribution is 0.483. The lowest BCUT2D eigenvalue weighted by Crippen LogP contribution is -1.81. The van der Waals surface area contributed by atoms with Crippen LogP contribution in [-0.2, 0) is 0 Å². The maximum atomic E-state index is 10.2. The van der Waals surface area contributed by atoms with E-state index in [2.05, 4.69) is 15.2 Å². The van der Waals surface area contributed by atoms with Gasteiger partial charge >= 0.3 is 0 Å². The fourth-order valence-electron chi connectivity index (χ4n) is 2.02. The topological polar surface area (TPSA) is 90.7 Å². The van der Waals surface area contributed by atoms with Crippen LogP contribution < -0.4 is 5.73 Å². The van der Waals surface area contributed by atoms with Gasteiger partial charge in [-0.1, -0.05) is 0 Å². The zero-order valence-corrected chi connectivity index (χ0v) is 9.28. The molecule has 0 radical (unpaired) electrons. The predicted octanol–water partition coefficient (Wildman–Crippen LogP) is 2.15. The van der Waals surface area contributed by atoms with E-state index < -0.39 is 0 Å². The lowest BCUT2D eigenvalue weighted by atomic mass is 10.1. The van der Waals surface area contributed by atoms with E-state index in [1.807, 2.05) is 25.1 Å². The fraction of sp³-hybridized carbons (Fsp3) is 0.0833. The normalized spacial score (nSPS) is 11.1. The van der Waals surface area contributed by atoms with Crippen molar-refractivity contribution in [1.82, 2.24) is 15.2 Å². The molecule has 0 amide bonds. The molecule has 2 aromatic heterocycles. The van der Waals surface area contributed by atoms with E-state index in [9.17, 15) is 5.11 Å². The number of aromatic amines is 2. The van der Waals surface area contributed by atoms with E-state index >= 15 is 0 Å². The van der Waals surface area contributed by atoms with Crippen molar-refractivity contribution < 1.29 is 5.11 Å². The number of nitrogens with two attached hydrogens (primary N) is 1. The maximum absolute atomic E-state index is 10.2. The van der Waals surface area contributed by atoms with Crippen LogP contribution in [0.1, 0.15) is 5.69 Å². The van der Waals surface area contributed by atoms with Crippen LogP contribution in [0.3, 0.4) is 0 Å². The highest BCUT2D eigenvalue weighted by Gasteiger charge is 2.11. The summed E-state index contributed by atoms with van der Waals surface area (Å²) in [6.07, 6.45) is 0. The minimum Gasteiger partial charge on any atom is -0.507 e. The fourth-order valence-corrected chi connectivity index (χ4v) is 2.02. The number of H-pyrrole nitrogens is 2. The van der Waals surface area contributed by atoms with Crippen LogP contribution in [-0.4, -0.2) is 20.3 Å². The third-order valence-corrected chi connectivity index (χ3v) is 2.80. The van der Waals surface area contributed by atoms with Crippen molar-refractivity contribution in [3.63, 3.8) is 0 Å². The minimum absolute atomic E-state index is 0.232. The highest BCUT2D eigenvalue weighted by Crippen LogP contribution is 2.35. The molecule has 3 rings (SSSR count). The van der Waals surface area contributed by atoms with Crippen molar-refractivity contribution in [2.75, 3.05) is 5.73 Å². The summed E-state index contributed by atoms with van der Waals surface area (Å²) >= 11 is 0. The number of anilines is 1. The first-order valence-electron chi connectivity index (χ1n) is 5.27. The second kappa shape index (κ2) is 3.28. The zero-order chi connectivity index (χ0) is 12.0. The Balaban J connectivity index is 2.27. The smallest absolute Gasteiger partial charge is 0.145 e. The molecule has 0 bridgehead atoms. The van der Waals surface area contributed by atoms with Crippen LogP contribution >= 0.6 is 0 Å². The van der Waals surface area contributed by atoms with Gasteiger partial charge in [0.2, 0.25) is 0 Å². The van der Waals surface area contributed by atoms with E-state index in [-0.39, 0.29) is 5.75 Å². The zero-order valence-electron chi connectivity index (χ0n) is 9.28. The Bertz CT molecular complexity index is 696. The predicted molar refractivity (Wildman–Crippen MR) is 66.7 cm³/mol. The Morgan fingerprint density at radius 1 is 1.29 bits per heavy atom. The largest absolute Gasteiger partial charge is 0.507 e. The number of aromatic hydroxyl groups is 1. The molecule has 0 aliphatic carbocycles. The molecule has 0 aliphatic rings. The number of hydrogen-bond acceptors (Lipinski definition) is 3. The highest BCUT2D eigenvalue weighted by molar-refractivity contribution is 5.93. The lowest BCUT2D eigenvalue weighted by Gasteiger charge is -2.02. The third-order valence-electron chi connectivity index (χ3n) is 2.80. The van der Waals surface area contributed by atoms with E-state index in [1.165, 1.54) is 0 Å². The molecule has 0 atom stereocenters. The standard InChI is InChI=1S/C12H12N4O/c1-6-4-8-9(14-6)3-2-7(12(8)17)10-5-11(13)16-15-10/h2-5,14,17H,1H3,(H3,13,15,16). The molecule has 3 aromatic rings. The number of phenolic OH excluding ortho intramolecular Hbond substituents is 1. The first-order chi connectivity index (χ1) is 8.15. The van der Waals surface area contributed by atoms with Gasteiger partial charge in [-0.05, 0) is 25.1 Å². The Morgan fingerprint density at radius 2 is 2.12 bits per heavy atom. The number of aryl methyl sites for hydroxylation is 1. The van der Waals surface area contributed by atoms with E-state index in [1.54, 1.807) is 6.07 Å². The summed E-state index contributed by atoms with van der Waals surface area (Å²) in [6, 6.07) is 7.36. The van der Waals surface area contributed by atoms with Gasteiger partial charge < -0.3 is 15.8 Å². The van der Waals surface area contributed by atoms with E-state index in [0.717, 1.165) is 16.6 Å². The van der Waals surface area contributed by atoms with Crippen molar-refractivity contribution in [2.24, 2.45) is 0 Å². The number of nitrogen functional groups attached to an aromatic ring is 1. The van der Waals surface area contributed by atoms with Gasteiger partial charge in [-0.25, -0.2) is 0 Å². The summed E-state index contributed by atoms with van der Waals surface area (Å²) in [5.74, 6) is 0.639. The third kappa shape index (κ3) is 1.44. The van der Waals surface area contributed by atoms with Crippen molar-refractivity contribution in [3.8, 4) is 17.0 Å². The molecule has 5 nitrogen and oxygen atoms in total. The molecule has 0 unspecified atom stereocenters. The summed E-state index contributed by atoms with van der Waals surface area (Å²) in [7, 11) is 0. The second-order valence-corrected chi connectivity index (χ2v) is 4.08. The van der Waals surface area contributed by atoms with Gasteiger partial charge in [0.25, 0.3) is 0 Å². The van der Waals surface area contributed by atoms with Crippen molar-refractivity contribution in [3.05, 3.63) is 30.0 Å². The molecule has 0 saturated heterocycles. The Morgan fingerprint density at radius 3 is 2.82 bits per heavy atom. The molecule has 2 heterocycles. The molecule has 5 heteroatoms. The molecule has 5 N–H and O–H groups in total. The quantitative estimate of drug-likeness (QED) is 0.514. The van der Waals surface area contributed by atoms with Gasteiger partial charge in [-0.2, -0.15) is 5.10 Å². The van der Waals surface area contributed by atoms with Crippen molar-refractivity contribution in [2.45, 2.75) is 6.92 Å². The number of benzene rings is 1. The van der Waals surface area contributed by atoms with Gasteiger partial charge in [-0.3, -0.25) is 5.10 Å². The molecule has 17 heavy (non-hydrogen) atoms. The summed E-state index contributed by atoms with van der Waals surface area (Å²) in [4.78, 5) is 3.17. The number of fused-ring (bicyclic) bond motifs is 1. The summed E-state index contributed by atoms with van der Waals surface area (Å²) in [6.45, 7) is 1.95. The van der Waals surface area contributed by atoms with E-state index in [4.69, 9.17) is 5.73 Å². The van der Waals surface area contributed by atoms with Crippen molar-refractivity contribution >= 4 is 16.7 Å². The highest BCUT2D eigenvalue weighted by atomic mass is 16.3. The van der Waals surface area contributed by atoms with Crippen LogP contribution in [0.15, 0.2) is 24.3 Å². The van der Waals surface area contributed by atoms with Gasteiger partial charge in [0, 0.05) is 28.2 Å². The summed E-state index contributed by atoms with van der Waals surface area (Å²) < 4.78 is 0. The molecule has 0 spiro atoms. The molecule has 1 aromatic carbocycles. The van der Waals surface area contributed by atoms with Crippen LogP contribution in [0.25, 0.3) is 22.2 Å². The van der Waals surface area contributed by atoms with Crippen LogP contribution in [0.5, 0.6) is 5.75 Å². The molecule has 0 fully saturated rings. The minimum atomic E-state index is 0.232. The maximum Gasteiger partial charge on any atom is 0.145 e. The molecule has 86 valence electrons. The number of rotatable bonds is 1. The average molecular weight is 228 g/mol. The van der Waals surface area contributed by atoms with Crippen molar-refractivity contribution in [1.29, 1.82) is 0 Å². The number of aromatic nitrogens is 3. The van der Waals surface area contributed by atoms with Gasteiger partial charge in [0.15, 0.2) is 0 Å². The molecular weight excluding hydrogens is 216 g/mol. The van der Waals surface area contributed by atoms with Crippen LogP contribution in [0.2, 0.25) is 0 Å². The van der Waals surface area contributed by atoms with Gasteiger partial charge in [0.1, 0.15) is 11.6 Å². The average Bonchev–Trinajstić information content (AvgIpc) is 2.85. The summed E-state index contributed by atoms with van der Waals surface area (Å²) in [5.41, 5.74) is 8.88. The first-order valence-corrected chi connectivity index (χ1v) is 5.27. The second-order valence-electron chi connectivity index (χ2n) is 4.08. The monoisotopic (exact) mass is 228 g/mol. The SMILES string of the molecule is Cc1cc2c(O)c(-c3cc(N)n[nH]3)ccc2[nH]1. The first kappa shape index (κ1) is 9.77. The van der Waals surface area contributed by atoms with Gasteiger partial charge in [-0.15, -0.1) is 0 Å². The summed E-state index contributed by atoms with van der Waals surface area (Å²) in [5, 5.41) is 17.7. The Hall–Kier alpha value is -2.43. The number of nitrogens with zero attached hydrogens (tertiary/aromatic N) is 1. The van der Waals surface area contributed by atoms with E-state index in [0.29, 0.717) is 17.1 Å². The molecule has 0 saturated carbocycles. The van der Waals surface area contributed by atoms with Crippen LogP contribution in [0.4, 0.5) is 5.82 Å². The number of hydrogen-bond donors (Lipinski definition) is 4. The Kier molecular flexibility index (Phi) is 1.89. The Labute approximate surface area is 97.3 Å². The molecule has 0 aliphatic heterocycles. The van der Waals surface area contributed by atoms with Crippen LogP contribution in [0, 0.1) is 6.92 Å².